The topological polar surface area (TPSA) is 116 Å². The van der Waals surface area contributed by atoms with Crippen LogP contribution >= 0.6 is 0 Å². The van der Waals surface area contributed by atoms with Gasteiger partial charge in [-0.2, -0.15) is 5.10 Å². The molecule has 10 nitrogen and oxygen atoms in total. The lowest BCUT2D eigenvalue weighted by molar-refractivity contribution is -0.133. The number of anilines is 1. The fraction of sp³-hybridized carbons (Fsp3) is 0.324. The van der Waals surface area contributed by atoms with Gasteiger partial charge in [-0.05, 0) is 78.8 Å². The summed E-state index contributed by atoms with van der Waals surface area (Å²) in [7, 11) is 1.75. The summed E-state index contributed by atoms with van der Waals surface area (Å²) in [5.74, 6) is 0.717. The van der Waals surface area contributed by atoms with Gasteiger partial charge in [0.25, 0.3) is 0 Å². The average molecular weight is 650 g/mol. The average Bonchev–Trinajstić information content (AvgIpc) is 3.76. The number of piperidine rings is 1. The molecule has 11 heteroatoms. The molecule has 2 fully saturated rings. The summed E-state index contributed by atoms with van der Waals surface area (Å²) in [6.45, 7) is 6.29. The lowest BCUT2D eigenvalue weighted by atomic mass is 9.74. The third-order valence-electron chi connectivity index (χ3n) is 9.45. The molecule has 0 aliphatic carbocycles. The molecule has 5 aromatic rings. The van der Waals surface area contributed by atoms with Crippen LogP contribution < -0.4 is 5.32 Å². The van der Waals surface area contributed by atoms with Gasteiger partial charge in [-0.25, -0.2) is 14.4 Å². The van der Waals surface area contributed by atoms with Crippen LogP contribution in [0.4, 0.5) is 10.1 Å². The maximum Gasteiger partial charge on any atom is 0.236 e. The number of carbonyl (C=O) groups excluding carboxylic acids is 2. The summed E-state index contributed by atoms with van der Waals surface area (Å²) in [4.78, 5) is 36.1. The van der Waals surface area contributed by atoms with Gasteiger partial charge in [-0.15, -0.1) is 0 Å². The molecule has 248 valence electrons. The van der Waals surface area contributed by atoms with Gasteiger partial charge >= 0.3 is 0 Å². The highest BCUT2D eigenvalue weighted by atomic mass is 19.1. The van der Waals surface area contributed by atoms with E-state index in [1.54, 1.807) is 37.7 Å². The number of fused-ring (bicyclic) bond motifs is 1. The minimum Gasteiger partial charge on any atom is -0.380 e. The van der Waals surface area contributed by atoms with Gasteiger partial charge in [-0.3, -0.25) is 19.6 Å². The molecule has 2 N–H and O–H groups in total. The highest BCUT2D eigenvalue weighted by Gasteiger charge is 2.34. The van der Waals surface area contributed by atoms with E-state index in [1.165, 1.54) is 17.7 Å². The van der Waals surface area contributed by atoms with Gasteiger partial charge in [0.15, 0.2) is 5.82 Å². The predicted molar refractivity (Wildman–Crippen MR) is 184 cm³/mol. The fourth-order valence-corrected chi connectivity index (χ4v) is 6.43. The normalized spacial score (nSPS) is 17.5. The quantitative estimate of drug-likeness (QED) is 0.208. The molecule has 2 aromatic heterocycles. The number of methoxy groups -OCH3 is 1. The van der Waals surface area contributed by atoms with Gasteiger partial charge in [0.2, 0.25) is 12.3 Å². The van der Waals surface area contributed by atoms with Crippen molar-refractivity contribution in [3.8, 4) is 22.6 Å². The second-order valence-corrected chi connectivity index (χ2v) is 12.6. The number of halogens is 1. The number of amides is 2. The number of hydrogen-bond donors (Lipinski definition) is 2. The monoisotopic (exact) mass is 649 g/mol. The molecule has 0 radical (unpaired) electrons. The Kier molecular flexibility index (Phi) is 10.2. The van der Waals surface area contributed by atoms with E-state index in [2.05, 4.69) is 61.6 Å². The van der Waals surface area contributed by atoms with E-state index in [1.807, 2.05) is 23.1 Å². The Labute approximate surface area is 279 Å². The molecule has 2 aliphatic heterocycles. The van der Waals surface area contributed by atoms with E-state index in [0.717, 1.165) is 79.0 Å². The number of H-pyrrole nitrogens is 1. The largest absolute Gasteiger partial charge is 0.380 e. The number of rotatable bonds is 8. The van der Waals surface area contributed by atoms with E-state index in [0.29, 0.717) is 18.6 Å². The van der Waals surface area contributed by atoms with E-state index in [-0.39, 0.29) is 23.2 Å². The molecular weight excluding hydrogens is 609 g/mol. The summed E-state index contributed by atoms with van der Waals surface area (Å²) >= 11 is 0. The third-order valence-corrected chi connectivity index (χ3v) is 9.45. The summed E-state index contributed by atoms with van der Waals surface area (Å²) in [5, 5.41) is 10.6. The minimum absolute atomic E-state index is 0.0989. The number of aromatic nitrogens is 4. The molecule has 7 rings (SSSR count). The van der Waals surface area contributed by atoms with Gasteiger partial charge < -0.3 is 15.0 Å². The van der Waals surface area contributed by atoms with Crippen LogP contribution in [-0.4, -0.2) is 88.2 Å². The molecule has 2 saturated heterocycles. The molecule has 0 bridgehead atoms. The molecule has 2 aliphatic rings. The standard InChI is InChI=1S/C23H30N4O2.C14H10FN3O/c1-23(19-6-4-18(5-7-19)22-24-11-3-12-25-22)9-14-27(15-10-23)21(28)17-26-13-8-20(16-26)29-2;15-10-3-1-9(2-4-10)14-12-7-11(16-8-19)5-6-13(12)17-18-14/h3-7,11-12,20H,8-10,13-17H2,1-2H3;1-8H,(H,16,19)(H,17,18). The Morgan fingerprint density at radius 2 is 1.73 bits per heavy atom. The molecule has 48 heavy (non-hydrogen) atoms. The first-order valence-electron chi connectivity index (χ1n) is 16.2. The maximum absolute atomic E-state index is 12.9. The number of benzene rings is 3. The van der Waals surface area contributed by atoms with E-state index in [4.69, 9.17) is 4.74 Å². The number of likely N-dealkylation sites (tertiary alicyclic amines) is 2. The Balaban J connectivity index is 0.000000182. The zero-order valence-electron chi connectivity index (χ0n) is 27.2. The second kappa shape index (κ2) is 14.8. The maximum atomic E-state index is 12.9. The SMILES string of the molecule is COC1CCN(CC(=O)N2CCC(C)(c3ccc(-c4ncccn4)cc3)CC2)C1.O=CNc1ccc2[nH]nc(-c3ccc(F)cc3)c2c1. The van der Waals surface area contributed by atoms with Gasteiger partial charge in [0, 0.05) is 67.9 Å². The molecule has 0 saturated carbocycles. The Bertz CT molecular complexity index is 1820. The van der Waals surface area contributed by atoms with E-state index >= 15 is 0 Å². The van der Waals surface area contributed by atoms with Gasteiger partial charge in [0.05, 0.1) is 23.9 Å². The molecule has 4 heterocycles. The van der Waals surface area contributed by atoms with Crippen molar-refractivity contribution in [2.75, 3.05) is 45.2 Å². The molecule has 0 spiro atoms. The van der Waals surface area contributed by atoms with Crippen molar-refractivity contribution in [1.82, 2.24) is 30.0 Å². The lowest BCUT2D eigenvalue weighted by Gasteiger charge is -2.40. The Hall–Kier alpha value is -5.00. The third kappa shape index (κ3) is 7.58. The highest BCUT2D eigenvalue weighted by Crippen LogP contribution is 2.36. The van der Waals surface area contributed by atoms with Crippen LogP contribution in [0.25, 0.3) is 33.5 Å². The zero-order valence-corrected chi connectivity index (χ0v) is 27.2. The smallest absolute Gasteiger partial charge is 0.236 e. The second-order valence-electron chi connectivity index (χ2n) is 12.6. The van der Waals surface area contributed by atoms with Crippen molar-refractivity contribution in [1.29, 1.82) is 0 Å². The number of aromatic amines is 1. The number of carbonyl (C=O) groups is 2. The van der Waals surface area contributed by atoms with Crippen LogP contribution in [0.3, 0.4) is 0 Å². The highest BCUT2D eigenvalue weighted by molar-refractivity contribution is 5.95. The summed E-state index contributed by atoms with van der Waals surface area (Å²) < 4.78 is 18.3. The van der Waals surface area contributed by atoms with Gasteiger partial charge in [-0.1, -0.05) is 31.2 Å². The first kappa shape index (κ1) is 32.9. The summed E-state index contributed by atoms with van der Waals surface area (Å²) in [6, 6.07) is 22.0. The van der Waals surface area contributed by atoms with Crippen molar-refractivity contribution in [3.63, 3.8) is 0 Å². The Morgan fingerprint density at radius 1 is 1.02 bits per heavy atom. The minimum atomic E-state index is -0.285. The van der Waals surface area contributed by atoms with Crippen molar-refractivity contribution in [3.05, 3.63) is 96.6 Å². The van der Waals surface area contributed by atoms with Crippen LogP contribution in [0.1, 0.15) is 31.7 Å². The molecule has 1 unspecified atom stereocenters. The number of hydrogen-bond acceptors (Lipinski definition) is 7. The van der Waals surface area contributed by atoms with Crippen LogP contribution in [0.15, 0.2) is 85.2 Å². The van der Waals surface area contributed by atoms with Gasteiger partial charge in [0.1, 0.15) is 5.82 Å². The summed E-state index contributed by atoms with van der Waals surface area (Å²) in [5.41, 5.74) is 5.54. The van der Waals surface area contributed by atoms with Crippen LogP contribution in [0.5, 0.6) is 0 Å². The number of nitrogens with zero attached hydrogens (tertiary/aromatic N) is 5. The summed E-state index contributed by atoms with van der Waals surface area (Å²) in [6.07, 6.45) is 7.42. The first-order valence-corrected chi connectivity index (χ1v) is 16.2. The van der Waals surface area contributed by atoms with Crippen LogP contribution in [0.2, 0.25) is 0 Å². The molecular formula is C37H40FN7O3. The van der Waals surface area contributed by atoms with E-state index < -0.39 is 0 Å². The molecule has 1 atom stereocenters. The van der Waals surface area contributed by atoms with E-state index in [9.17, 15) is 14.0 Å². The zero-order chi connectivity index (χ0) is 33.5. The molecule has 2 amide bonds. The van der Waals surface area contributed by atoms with Crippen LogP contribution in [0, 0.1) is 5.82 Å². The molecule has 3 aromatic carbocycles. The van der Waals surface area contributed by atoms with Crippen molar-refractivity contribution < 1.29 is 18.7 Å². The number of nitrogens with one attached hydrogen (secondary N) is 2. The van der Waals surface area contributed by atoms with Crippen molar-refractivity contribution >= 4 is 28.9 Å². The fourth-order valence-electron chi connectivity index (χ4n) is 6.43. The predicted octanol–water partition coefficient (Wildman–Crippen LogP) is 5.68. The lowest BCUT2D eigenvalue weighted by Crippen LogP contribution is -2.47. The van der Waals surface area contributed by atoms with Crippen LogP contribution in [-0.2, 0) is 19.7 Å². The van der Waals surface area contributed by atoms with Crippen molar-refractivity contribution in [2.45, 2.75) is 37.7 Å². The van der Waals surface area contributed by atoms with Crippen molar-refractivity contribution in [2.24, 2.45) is 0 Å². The Morgan fingerprint density at radius 3 is 2.40 bits per heavy atom. The number of ether oxygens (including phenoxy) is 1. The first-order chi connectivity index (χ1) is 23.3.